The van der Waals surface area contributed by atoms with Crippen LogP contribution in [-0.4, -0.2) is 17.8 Å². The van der Waals surface area contributed by atoms with Gasteiger partial charge in [-0.2, -0.15) is 0 Å². The SMILES string of the molecule is COc1cc(C(=O)Cc2ccc([N+](=O)[O-])cc2)ccc1F. The van der Waals surface area contributed by atoms with Gasteiger partial charge >= 0.3 is 0 Å². The van der Waals surface area contributed by atoms with Crippen LogP contribution < -0.4 is 4.74 Å². The zero-order valence-electron chi connectivity index (χ0n) is 11.2. The molecule has 108 valence electrons. The first kappa shape index (κ1) is 14.6. The fourth-order valence-electron chi connectivity index (χ4n) is 1.86. The molecule has 0 saturated heterocycles. The molecule has 0 bridgehead atoms. The van der Waals surface area contributed by atoms with E-state index in [9.17, 15) is 19.3 Å². The Morgan fingerprint density at radius 2 is 1.90 bits per heavy atom. The van der Waals surface area contributed by atoms with Gasteiger partial charge in [-0.1, -0.05) is 12.1 Å². The highest BCUT2D eigenvalue weighted by atomic mass is 19.1. The summed E-state index contributed by atoms with van der Waals surface area (Å²) >= 11 is 0. The molecule has 0 fully saturated rings. The van der Waals surface area contributed by atoms with Gasteiger partial charge in [0, 0.05) is 24.1 Å². The van der Waals surface area contributed by atoms with E-state index in [-0.39, 0.29) is 23.6 Å². The van der Waals surface area contributed by atoms with E-state index in [1.165, 1.54) is 49.6 Å². The third kappa shape index (κ3) is 3.42. The maximum absolute atomic E-state index is 13.3. The molecule has 0 heterocycles. The number of hydrogen-bond acceptors (Lipinski definition) is 4. The number of halogens is 1. The molecule has 0 spiro atoms. The second kappa shape index (κ2) is 6.13. The fourth-order valence-corrected chi connectivity index (χ4v) is 1.86. The first-order valence-electron chi connectivity index (χ1n) is 6.11. The van der Waals surface area contributed by atoms with E-state index in [2.05, 4.69) is 0 Å². The number of benzene rings is 2. The normalized spacial score (nSPS) is 10.2. The molecule has 0 N–H and O–H groups in total. The third-order valence-corrected chi connectivity index (χ3v) is 2.98. The zero-order valence-corrected chi connectivity index (χ0v) is 11.2. The Bertz CT molecular complexity index is 683. The molecule has 2 aromatic rings. The van der Waals surface area contributed by atoms with Crippen molar-refractivity contribution in [2.75, 3.05) is 7.11 Å². The Morgan fingerprint density at radius 3 is 2.48 bits per heavy atom. The second-order valence-corrected chi connectivity index (χ2v) is 4.37. The first-order chi connectivity index (χ1) is 10.0. The van der Waals surface area contributed by atoms with Crippen molar-refractivity contribution in [2.45, 2.75) is 6.42 Å². The topological polar surface area (TPSA) is 69.4 Å². The maximum atomic E-state index is 13.3. The largest absolute Gasteiger partial charge is 0.494 e. The average molecular weight is 289 g/mol. The van der Waals surface area contributed by atoms with Crippen LogP contribution in [-0.2, 0) is 6.42 Å². The molecule has 0 radical (unpaired) electrons. The van der Waals surface area contributed by atoms with Crippen LogP contribution in [0.4, 0.5) is 10.1 Å². The summed E-state index contributed by atoms with van der Waals surface area (Å²) in [7, 11) is 1.32. The maximum Gasteiger partial charge on any atom is 0.269 e. The van der Waals surface area contributed by atoms with E-state index in [0.717, 1.165) is 0 Å². The Kier molecular flexibility index (Phi) is 4.27. The molecule has 2 aromatic carbocycles. The summed E-state index contributed by atoms with van der Waals surface area (Å²) in [5, 5.41) is 10.5. The Hall–Kier alpha value is -2.76. The van der Waals surface area contributed by atoms with Crippen molar-refractivity contribution in [2.24, 2.45) is 0 Å². The van der Waals surface area contributed by atoms with Crippen molar-refractivity contribution >= 4 is 11.5 Å². The molecule has 2 rings (SSSR count). The Labute approximate surface area is 120 Å². The number of carbonyl (C=O) groups is 1. The summed E-state index contributed by atoms with van der Waals surface area (Å²) < 4.78 is 18.1. The number of nitro groups is 1. The molecular formula is C15H12FNO4. The van der Waals surface area contributed by atoms with Crippen molar-refractivity contribution in [1.82, 2.24) is 0 Å². The smallest absolute Gasteiger partial charge is 0.269 e. The number of non-ortho nitro benzene ring substituents is 1. The zero-order chi connectivity index (χ0) is 15.4. The van der Waals surface area contributed by atoms with E-state index in [1.807, 2.05) is 0 Å². The lowest BCUT2D eigenvalue weighted by atomic mass is 10.0. The van der Waals surface area contributed by atoms with Crippen LogP contribution in [0.2, 0.25) is 0 Å². The summed E-state index contributed by atoms with van der Waals surface area (Å²) in [5.41, 5.74) is 0.940. The van der Waals surface area contributed by atoms with Crippen LogP contribution in [0.25, 0.3) is 0 Å². The van der Waals surface area contributed by atoms with Crippen LogP contribution in [0.1, 0.15) is 15.9 Å². The van der Waals surface area contributed by atoms with Gasteiger partial charge in [0.25, 0.3) is 5.69 Å². The standard InChI is InChI=1S/C15H12FNO4/c1-21-15-9-11(4-7-13(15)16)14(18)8-10-2-5-12(6-3-10)17(19)20/h2-7,9H,8H2,1H3. The van der Waals surface area contributed by atoms with E-state index >= 15 is 0 Å². The molecule has 0 saturated carbocycles. The Morgan fingerprint density at radius 1 is 1.24 bits per heavy atom. The van der Waals surface area contributed by atoms with Gasteiger partial charge in [0.05, 0.1) is 12.0 Å². The van der Waals surface area contributed by atoms with E-state index < -0.39 is 10.7 Å². The molecule has 0 aliphatic rings. The van der Waals surface area contributed by atoms with Crippen molar-refractivity contribution < 1.29 is 18.8 Å². The van der Waals surface area contributed by atoms with Gasteiger partial charge in [-0.25, -0.2) is 4.39 Å². The minimum Gasteiger partial charge on any atom is -0.494 e. The van der Waals surface area contributed by atoms with E-state index in [4.69, 9.17) is 4.74 Å². The second-order valence-electron chi connectivity index (χ2n) is 4.37. The molecule has 0 aromatic heterocycles. The first-order valence-corrected chi connectivity index (χ1v) is 6.11. The van der Waals surface area contributed by atoms with Crippen molar-refractivity contribution in [3.8, 4) is 5.75 Å². The minimum atomic E-state index is -0.538. The third-order valence-electron chi connectivity index (χ3n) is 2.98. The highest BCUT2D eigenvalue weighted by molar-refractivity contribution is 5.97. The van der Waals surface area contributed by atoms with Gasteiger partial charge < -0.3 is 4.74 Å². The number of carbonyl (C=O) groups excluding carboxylic acids is 1. The summed E-state index contributed by atoms with van der Waals surface area (Å²) in [4.78, 5) is 22.1. The number of nitrogens with zero attached hydrogens (tertiary/aromatic N) is 1. The summed E-state index contributed by atoms with van der Waals surface area (Å²) in [6.07, 6.45) is 0.0762. The predicted octanol–water partition coefficient (Wildman–Crippen LogP) is 3.17. The predicted molar refractivity (Wildman–Crippen MR) is 74.1 cm³/mol. The van der Waals surface area contributed by atoms with E-state index in [0.29, 0.717) is 11.1 Å². The van der Waals surface area contributed by atoms with Crippen LogP contribution in [0.5, 0.6) is 5.75 Å². The molecule has 0 aliphatic carbocycles. The number of methoxy groups -OCH3 is 1. The molecule has 6 heteroatoms. The molecule has 5 nitrogen and oxygen atoms in total. The van der Waals surface area contributed by atoms with Crippen LogP contribution >= 0.6 is 0 Å². The fraction of sp³-hybridized carbons (Fsp3) is 0.133. The molecule has 0 amide bonds. The van der Waals surface area contributed by atoms with Gasteiger partial charge in [-0.15, -0.1) is 0 Å². The molecule has 0 aliphatic heterocycles. The molecule has 0 unspecified atom stereocenters. The van der Waals surface area contributed by atoms with Gasteiger partial charge in [0.2, 0.25) is 0 Å². The molecule has 21 heavy (non-hydrogen) atoms. The lowest BCUT2D eigenvalue weighted by Crippen LogP contribution is -2.04. The van der Waals surface area contributed by atoms with Crippen LogP contribution in [0.3, 0.4) is 0 Å². The lowest BCUT2D eigenvalue weighted by Gasteiger charge is -2.05. The van der Waals surface area contributed by atoms with Crippen LogP contribution in [0.15, 0.2) is 42.5 Å². The number of Topliss-reactive ketones (excluding diaryl/α,β-unsaturated/α-hetero) is 1. The van der Waals surface area contributed by atoms with Crippen molar-refractivity contribution in [1.29, 1.82) is 0 Å². The Balaban J connectivity index is 2.15. The number of rotatable bonds is 5. The van der Waals surface area contributed by atoms with E-state index in [1.54, 1.807) is 0 Å². The number of ketones is 1. The lowest BCUT2D eigenvalue weighted by molar-refractivity contribution is -0.384. The highest BCUT2D eigenvalue weighted by Gasteiger charge is 2.12. The monoisotopic (exact) mass is 289 g/mol. The minimum absolute atomic E-state index is 0.00421. The summed E-state index contributed by atoms with van der Waals surface area (Å²) in [5.74, 6) is -0.754. The van der Waals surface area contributed by atoms with Gasteiger partial charge in [0.1, 0.15) is 0 Å². The number of ether oxygens (including phenoxy) is 1. The van der Waals surface area contributed by atoms with Crippen molar-refractivity contribution in [3.63, 3.8) is 0 Å². The number of nitro benzene ring substituents is 1. The molecular weight excluding hydrogens is 277 g/mol. The van der Waals surface area contributed by atoms with Crippen LogP contribution in [0, 0.1) is 15.9 Å². The number of hydrogen-bond donors (Lipinski definition) is 0. The van der Waals surface area contributed by atoms with Gasteiger partial charge in [0.15, 0.2) is 17.3 Å². The highest BCUT2D eigenvalue weighted by Crippen LogP contribution is 2.20. The quantitative estimate of drug-likeness (QED) is 0.481. The average Bonchev–Trinajstić information content (AvgIpc) is 2.48. The van der Waals surface area contributed by atoms with Gasteiger partial charge in [-0.3, -0.25) is 14.9 Å². The van der Waals surface area contributed by atoms with Crippen molar-refractivity contribution in [3.05, 3.63) is 69.5 Å². The summed E-state index contributed by atoms with van der Waals surface area (Å²) in [6.45, 7) is 0. The summed E-state index contributed by atoms with van der Waals surface area (Å²) in [6, 6.07) is 9.62. The molecule has 0 atom stereocenters. The van der Waals surface area contributed by atoms with Gasteiger partial charge in [-0.05, 0) is 23.8 Å².